The highest BCUT2D eigenvalue weighted by molar-refractivity contribution is 6.02. The fourth-order valence-corrected chi connectivity index (χ4v) is 1.92. The molecule has 3 nitrogen and oxygen atoms in total. The Bertz CT molecular complexity index is 374. The maximum Gasteiger partial charge on any atom is 0.180 e. The van der Waals surface area contributed by atoms with Gasteiger partial charge in [-0.2, -0.15) is 0 Å². The molecule has 1 aliphatic carbocycles. The molecule has 0 saturated heterocycles. The Morgan fingerprint density at radius 3 is 2.69 bits per heavy atom. The van der Waals surface area contributed by atoms with Crippen LogP contribution in [0.5, 0.6) is 5.75 Å². The zero-order chi connectivity index (χ0) is 12.1. The van der Waals surface area contributed by atoms with Crippen molar-refractivity contribution >= 4 is 5.78 Å². The van der Waals surface area contributed by atoms with Gasteiger partial charge in [0.15, 0.2) is 5.78 Å². The lowest BCUT2D eigenvalue weighted by Crippen LogP contribution is -2.37. The lowest BCUT2D eigenvalue weighted by atomic mass is 9.87. The molecule has 16 heavy (non-hydrogen) atoms. The highest BCUT2D eigenvalue weighted by atomic mass is 16.3. The summed E-state index contributed by atoms with van der Waals surface area (Å²) in [6.07, 6.45) is 1.66. The van der Waals surface area contributed by atoms with E-state index in [4.69, 9.17) is 0 Å². The van der Waals surface area contributed by atoms with E-state index in [2.05, 4.69) is 5.32 Å². The second-order valence-electron chi connectivity index (χ2n) is 3.59. The van der Waals surface area contributed by atoms with E-state index < -0.39 is 0 Å². The van der Waals surface area contributed by atoms with Crippen LogP contribution in [0.4, 0.5) is 0 Å². The van der Waals surface area contributed by atoms with Crippen LogP contribution in [0.3, 0.4) is 0 Å². The summed E-state index contributed by atoms with van der Waals surface area (Å²) in [6, 6.07) is 4.89. The first-order valence-corrected chi connectivity index (χ1v) is 5.75. The second kappa shape index (κ2) is 5.66. The van der Waals surface area contributed by atoms with Gasteiger partial charge in [-0.1, -0.05) is 13.8 Å². The molecule has 2 N–H and O–H groups in total. The average Bonchev–Trinajstić information content (AvgIpc) is 2.32. The van der Waals surface area contributed by atoms with Gasteiger partial charge in [0.2, 0.25) is 0 Å². The van der Waals surface area contributed by atoms with Crippen LogP contribution in [0.1, 0.15) is 36.2 Å². The van der Waals surface area contributed by atoms with E-state index in [-0.39, 0.29) is 17.6 Å². The molecule has 0 aromatic heterocycles. The number of fused-ring (bicyclic) bond motifs is 1. The molecule has 1 unspecified atom stereocenters. The topological polar surface area (TPSA) is 49.3 Å². The van der Waals surface area contributed by atoms with Crippen LogP contribution in [-0.2, 0) is 6.42 Å². The van der Waals surface area contributed by atoms with E-state index in [1.807, 2.05) is 13.8 Å². The van der Waals surface area contributed by atoms with E-state index >= 15 is 0 Å². The van der Waals surface area contributed by atoms with Crippen molar-refractivity contribution in [3.8, 4) is 5.75 Å². The normalized spacial score (nSPS) is 18.4. The summed E-state index contributed by atoms with van der Waals surface area (Å²) >= 11 is 0. The van der Waals surface area contributed by atoms with Crippen molar-refractivity contribution < 1.29 is 9.90 Å². The molecule has 0 aliphatic heterocycles. The maximum atomic E-state index is 11.8. The SMILES string of the molecule is CC.CNC1CCc2cc(O)ccc2C1=O. The predicted octanol–water partition coefficient (Wildman–Crippen LogP) is 2.14. The van der Waals surface area contributed by atoms with Gasteiger partial charge in [-0.05, 0) is 43.7 Å². The first-order valence-electron chi connectivity index (χ1n) is 5.75. The number of carbonyl (C=O) groups is 1. The molecule has 0 amide bonds. The number of ketones is 1. The van der Waals surface area contributed by atoms with Crippen LogP contribution in [0.2, 0.25) is 0 Å². The number of hydrogen-bond donors (Lipinski definition) is 2. The number of phenols is 1. The minimum Gasteiger partial charge on any atom is -0.508 e. The Kier molecular flexibility index (Phi) is 4.50. The number of hydrogen-bond acceptors (Lipinski definition) is 3. The van der Waals surface area contributed by atoms with E-state index in [1.54, 1.807) is 25.2 Å². The minimum absolute atomic E-state index is 0.0629. The number of aryl methyl sites for hydroxylation is 1. The summed E-state index contributed by atoms with van der Waals surface area (Å²) in [6.45, 7) is 4.00. The molecule has 1 aliphatic rings. The number of carbonyl (C=O) groups excluding carboxylic acids is 1. The number of nitrogens with one attached hydrogen (secondary N) is 1. The van der Waals surface area contributed by atoms with Crippen LogP contribution in [0.25, 0.3) is 0 Å². The quantitative estimate of drug-likeness (QED) is 0.763. The number of aromatic hydroxyl groups is 1. The third-order valence-electron chi connectivity index (χ3n) is 2.72. The van der Waals surface area contributed by atoms with Gasteiger partial charge >= 0.3 is 0 Å². The van der Waals surface area contributed by atoms with Gasteiger partial charge in [-0.25, -0.2) is 0 Å². The molecule has 0 heterocycles. The molecule has 0 fully saturated rings. The lowest BCUT2D eigenvalue weighted by Gasteiger charge is -2.22. The first-order chi connectivity index (χ1) is 7.72. The smallest absolute Gasteiger partial charge is 0.180 e. The van der Waals surface area contributed by atoms with Crippen LogP contribution in [-0.4, -0.2) is 24.0 Å². The van der Waals surface area contributed by atoms with E-state index in [0.29, 0.717) is 0 Å². The predicted molar refractivity (Wildman–Crippen MR) is 65.0 cm³/mol. The fourth-order valence-electron chi connectivity index (χ4n) is 1.92. The third-order valence-corrected chi connectivity index (χ3v) is 2.72. The summed E-state index contributed by atoms with van der Waals surface area (Å²) in [4.78, 5) is 11.8. The van der Waals surface area contributed by atoms with E-state index in [1.165, 1.54) is 0 Å². The van der Waals surface area contributed by atoms with Gasteiger partial charge in [-0.15, -0.1) is 0 Å². The van der Waals surface area contributed by atoms with Crippen molar-refractivity contribution in [1.82, 2.24) is 5.32 Å². The number of phenolic OH excluding ortho intramolecular Hbond substituents is 1. The monoisotopic (exact) mass is 221 g/mol. The molecule has 0 radical (unpaired) electrons. The Labute approximate surface area is 96.5 Å². The van der Waals surface area contributed by atoms with Crippen LogP contribution >= 0.6 is 0 Å². The molecule has 1 aromatic carbocycles. The minimum atomic E-state index is -0.0629. The Morgan fingerprint density at radius 1 is 1.38 bits per heavy atom. The highest BCUT2D eigenvalue weighted by Gasteiger charge is 2.25. The number of benzene rings is 1. The van der Waals surface area contributed by atoms with Gasteiger partial charge in [0, 0.05) is 5.56 Å². The molecule has 1 aromatic rings. The van der Waals surface area contributed by atoms with Crippen molar-refractivity contribution in [3.63, 3.8) is 0 Å². The fraction of sp³-hybridized carbons (Fsp3) is 0.462. The van der Waals surface area contributed by atoms with E-state index in [9.17, 15) is 9.90 Å². The summed E-state index contributed by atoms with van der Waals surface area (Å²) in [5, 5.41) is 12.3. The molecule has 3 heteroatoms. The maximum absolute atomic E-state index is 11.8. The molecule has 0 saturated carbocycles. The van der Waals surface area contributed by atoms with Crippen LogP contribution in [0.15, 0.2) is 18.2 Å². The van der Waals surface area contributed by atoms with Gasteiger partial charge in [-0.3, -0.25) is 4.79 Å². The standard InChI is InChI=1S/C11H13NO2.C2H6/c1-12-10-5-2-7-6-8(13)3-4-9(7)11(10)14;1-2/h3-4,6,10,12-13H,2,5H2,1H3;1-2H3. The molecule has 1 atom stereocenters. The van der Waals surface area contributed by atoms with Crippen molar-refractivity contribution in [1.29, 1.82) is 0 Å². The molecule has 0 bridgehead atoms. The Hall–Kier alpha value is -1.35. The summed E-state index contributed by atoms with van der Waals surface area (Å²) in [5.41, 5.74) is 1.70. The first kappa shape index (κ1) is 12.7. The number of rotatable bonds is 1. The third kappa shape index (κ3) is 2.42. The largest absolute Gasteiger partial charge is 0.508 e. The Balaban J connectivity index is 0.000000606. The summed E-state index contributed by atoms with van der Waals surface area (Å²) < 4.78 is 0. The number of Topliss-reactive ketones (excluding diaryl/α,β-unsaturated/α-hetero) is 1. The van der Waals surface area contributed by atoms with Crippen LogP contribution < -0.4 is 5.32 Å². The van der Waals surface area contributed by atoms with Gasteiger partial charge < -0.3 is 10.4 Å². The van der Waals surface area contributed by atoms with Crippen molar-refractivity contribution in [2.75, 3.05) is 7.05 Å². The van der Waals surface area contributed by atoms with Gasteiger partial charge in [0.05, 0.1) is 6.04 Å². The summed E-state index contributed by atoms with van der Waals surface area (Å²) in [7, 11) is 1.80. The van der Waals surface area contributed by atoms with Gasteiger partial charge in [0.25, 0.3) is 0 Å². The van der Waals surface area contributed by atoms with Crippen LogP contribution in [0, 0.1) is 0 Å². The zero-order valence-corrected chi connectivity index (χ0v) is 10.1. The molecular formula is C13H19NO2. The molecule has 0 spiro atoms. The Morgan fingerprint density at radius 2 is 2.06 bits per heavy atom. The molecule has 88 valence electrons. The molecule has 2 rings (SSSR count). The molecular weight excluding hydrogens is 202 g/mol. The van der Waals surface area contributed by atoms with Gasteiger partial charge in [0.1, 0.15) is 5.75 Å². The zero-order valence-electron chi connectivity index (χ0n) is 10.1. The average molecular weight is 221 g/mol. The lowest BCUT2D eigenvalue weighted by molar-refractivity contribution is 0.0933. The second-order valence-corrected chi connectivity index (χ2v) is 3.59. The van der Waals surface area contributed by atoms with Crippen molar-refractivity contribution in [3.05, 3.63) is 29.3 Å². The van der Waals surface area contributed by atoms with E-state index in [0.717, 1.165) is 24.0 Å². The van der Waals surface area contributed by atoms with Crippen molar-refractivity contribution in [2.45, 2.75) is 32.7 Å². The number of likely N-dealkylation sites (N-methyl/N-ethyl adjacent to an activating group) is 1. The van der Waals surface area contributed by atoms with Crippen molar-refractivity contribution in [2.24, 2.45) is 0 Å². The highest BCUT2D eigenvalue weighted by Crippen LogP contribution is 2.24. The summed E-state index contributed by atoms with van der Waals surface area (Å²) in [5.74, 6) is 0.369.